The molecule has 6 heteroatoms. The Kier molecular flexibility index (Phi) is 4.55. The van der Waals surface area contributed by atoms with Crippen molar-refractivity contribution < 1.29 is 4.79 Å². The van der Waals surface area contributed by atoms with Crippen molar-refractivity contribution in [2.75, 3.05) is 32.7 Å². The molecule has 106 valence electrons. The number of imidazole rings is 1. The zero-order chi connectivity index (χ0) is 13.8. The van der Waals surface area contributed by atoms with Crippen molar-refractivity contribution in [1.82, 2.24) is 19.4 Å². The number of amides is 1. The zero-order valence-corrected chi connectivity index (χ0v) is 11.7. The van der Waals surface area contributed by atoms with Gasteiger partial charge in [-0.2, -0.15) is 0 Å². The van der Waals surface area contributed by atoms with E-state index in [-0.39, 0.29) is 5.91 Å². The Morgan fingerprint density at radius 1 is 1.42 bits per heavy atom. The molecule has 6 nitrogen and oxygen atoms in total. The molecule has 1 fully saturated rings. The minimum Gasteiger partial charge on any atom is -0.340 e. The van der Waals surface area contributed by atoms with Crippen molar-refractivity contribution in [3.8, 4) is 0 Å². The quantitative estimate of drug-likeness (QED) is 0.826. The van der Waals surface area contributed by atoms with Crippen LogP contribution < -0.4 is 5.73 Å². The van der Waals surface area contributed by atoms with E-state index >= 15 is 0 Å². The van der Waals surface area contributed by atoms with Gasteiger partial charge in [-0.3, -0.25) is 9.69 Å². The molecule has 2 rings (SSSR count). The van der Waals surface area contributed by atoms with Crippen molar-refractivity contribution in [3.05, 3.63) is 18.2 Å². The van der Waals surface area contributed by atoms with E-state index in [1.165, 1.54) is 0 Å². The van der Waals surface area contributed by atoms with Gasteiger partial charge in [0.05, 0.1) is 6.33 Å². The highest BCUT2D eigenvalue weighted by atomic mass is 16.2. The van der Waals surface area contributed by atoms with Crippen LogP contribution in [0.1, 0.15) is 23.8 Å². The summed E-state index contributed by atoms with van der Waals surface area (Å²) in [5.74, 6) is 0.0287. The highest BCUT2D eigenvalue weighted by molar-refractivity contribution is 5.92. The van der Waals surface area contributed by atoms with Crippen molar-refractivity contribution in [3.63, 3.8) is 0 Å². The maximum atomic E-state index is 12.2. The summed E-state index contributed by atoms with van der Waals surface area (Å²) < 4.78 is 1.80. The first-order valence-electron chi connectivity index (χ1n) is 6.87. The van der Waals surface area contributed by atoms with E-state index < -0.39 is 0 Å². The average Bonchev–Trinajstić information content (AvgIpc) is 2.87. The summed E-state index contributed by atoms with van der Waals surface area (Å²) >= 11 is 0. The van der Waals surface area contributed by atoms with Gasteiger partial charge < -0.3 is 15.2 Å². The van der Waals surface area contributed by atoms with Gasteiger partial charge in [-0.25, -0.2) is 4.98 Å². The van der Waals surface area contributed by atoms with E-state index in [0.717, 1.165) is 32.6 Å². The molecule has 1 amide bonds. The predicted molar refractivity (Wildman–Crippen MR) is 73.8 cm³/mol. The smallest absolute Gasteiger partial charge is 0.274 e. The van der Waals surface area contributed by atoms with Crippen LogP contribution in [0.5, 0.6) is 0 Å². The maximum absolute atomic E-state index is 12.2. The molecule has 1 aliphatic rings. The number of nitrogens with two attached hydrogens (primary N) is 1. The molecule has 0 bridgehead atoms. The van der Waals surface area contributed by atoms with Crippen LogP contribution in [0.3, 0.4) is 0 Å². The lowest BCUT2D eigenvalue weighted by atomic mass is 10.1. The normalized spacial score (nSPS) is 18.6. The monoisotopic (exact) mass is 265 g/mol. The molecule has 0 aromatic carbocycles. The molecule has 1 aromatic heterocycles. The molecule has 1 aliphatic heterocycles. The summed E-state index contributed by atoms with van der Waals surface area (Å²) in [5, 5.41) is 0. The van der Waals surface area contributed by atoms with E-state index in [9.17, 15) is 4.79 Å². The molecular weight excluding hydrogens is 242 g/mol. The number of carbonyl (C=O) groups is 1. The standard InChI is InChI=1S/C13H23N5O/c1-3-11(8-14)17-4-6-18(7-5-17)13(19)12-9-16(2)10-15-12/h9-11H,3-8,14H2,1-2H3. The van der Waals surface area contributed by atoms with Gasteiger partial charge in [0.2, 0.25) is 0 Å². The lowest BCUT2D eigenvalue weighted by Gasteiger charge is -2.38. The van der Waals surface area contributed by atoms with E-state index in [1.807, 2.05) is 11.9 Å². The second-order valence-corrected chi connectivity index (χ2v) is 5.05. The Morgan fingerprint density at radius 2 is 2.11 bits per heavy atom. The molecule has 1 atom stereocenters. The third-order valence-electron chi connectivity index (χ3n) is 3.79. The fourth-order valence-corrected chi connectivity index (χ4v) is 2.55. The van der Waals surface area contributed by atoms with Crippen molar-refractivity contribution in [2.45, 2.75) is 19.4 Å². The Morgan fingerprint density at radius 3 is 2.58 bits per heavy atom. The summed E-state index contributed by atoms with van der Waals surface area (Å²) in [7, 11) is 1.87. The summed E-state index contributed by atoms with van der Waals surface area (Å²) in [5.41, 5.74) is 6.30. The van der Waals surface area contributed by atoms with Gasteiger partial charge in [0, 0.05) is 52.0 Å². The molecule has 1 unspecified atom stereocenters. The zero-order valence-electron chi connectivity index (χ0n) is 11.7. The van der Waals surface area contributed by atoms with E-state index in [0.29, 0.717) is 18.3 Å². The molecule has 1 saturated heterocycles. The first-order valence-corrected chi connectivity index (χ1v) is 6.87. The van der Waals surface area contributed by atoms with Crippen LogP contribution in [0.25, 0.3) is 0 Å². The second-order valence-electron chi connectivity index (χ2n) is 5.05. The number of rotatable bonds is 4. The number of hydrogen-bond acceptors (Lipinski definition) is 4. The molecule has 2 N–H and O–H groups in total. The molecule has 2 heterocycles. The number of nitrogens with zero attached hydrogens (tertiary/aromatic N) is 4. The summed E-state index contributed by atoms with van der Waals surface area (Å²) in [6.07, 6.45) is 4.49. The van der Waals surface area contributed by atoms with Gasteiger partial charge in [-0.1, -0.05) is 6.92 Å². The predicted octanol–water partition coefficient (Wildman–Crippen LogP) is -0.0848. The van der Waals surface area contributed by atoms with E-state index in [4.69, 9.17) is 5.73 Å². The van der Waals surface area contributed by atoms with Crippen LogP contribution in [0.15, 0.2) is 12.5 Å². The van der Waals surface area contributed by atoms with Gasteiger partial charge in [-0.15, -0.1) is 0 Å². The lowest BCUT2D eigenvalue weighted by Crippen LogP contribution is -2.53. The number of aromatic nitrogens is 2. The highest BCUT2D eigenvalue weighted by Gasteiger charge is 2.26. The van der Waals surface area contributed by atoms with Crippen LogP contribution >= 0.6 is 0 Å². The largest absolute Gasteiger partial charge is 0.340 e. The first kappa shape index (κ1) is 14.0. The van der Waals surface area contributed by atoms with Gasteiger partial charge in [0.1, 0.15) is 5.69 Å². The summed E-state index contributed by atoms with van der Waals surface area (Å²) in [4.78, 5) is 20.6. The van der Waals surface area contributed by atoms with E-state index in [1.54, 1.807) is 17.1 Å². The number of aryl methyl sites for hydroxylation is 1. The molecule has 0 aliphatic carbocycles. The minimum absolute atomic E-state index is 0.0287. The second kappa shape index (κ2) is 6.16. The van der Waals surface area contributed by atoms with Crippen LogP contribution in [-0.4, -0.2) is 64.0 Å². The SMILES string of the molecule is CCC(CN)N1CCN(C(=O)c2cn(C)cn2)CC1. The Labute approximate surface area is 114 Å². The van der Waals surface area contributed by atoms with Gasteiger partial charge in [0.25, 0.3) is 5.91 Å². The van der Waals surface area contributed by atoms with Crippen molar-refractivity contribution in [2.24, 2.45) is 12.8 Å². The summed E-state index contributed by atoms with van der Waals surface area (Å²) in [6.45, 7) is 6.15. The maximum Gasteiger partial charge on any atom is 0.274 e. The lowest BCUT2D eigenvalue weighted by molar-refractivity contribution is 0.0566. The van der Waals surface area contributed by atoms with Crippen LogP contribution in [-0.2, 0) is 7.05 Å². The van der Waals surface area contributed by atoms with Gasteiger partial charge >= 0.3 is 0 Å². The Hall–Kier alpha value is -1.40. The topological polar surface area (TPSA) is 67.4 Å². The van der Waals surface area contributed by atoms with Gasteiger partial charge in [-0.05, 0) is 6.42 Å². The fraction of sp³-hybridized carbons (Fsp3) is 0.692. The van der Waals surface area contributed by atoms with Gasteiger partial charge in [0.15, 0.2) is 0 Å². The Balaban J connectivity index is 1.91. The Bertz CT molecular complexity index is 418. The minimum atomic E-state index is 0.0287. The molecule has 0 spiro atoms. The van der Waals surface area contributed by atoms with Crippen LogP contribution in [0, 0.1) is 0 Å². The molecule has 0 saturated carbocycles. The third-order valence-corrected chi connectivity index (χ3v) is 3.79. The molecule has 0 radical (unpaired) electrons. The number of carbonyl (C=O) groups excluding carboxylic acids is 1. The fourth-order valence-electron chi connectivity index (χ4n) is 2.55. The van der Waals surface area contributed by atoms with Crippen LogP contribution in [0.4, 0.5) is 0 Å². The van der Waals surface area contributed by atoms with Crippen molar-refractivity contribution in [1.29, 1.82) is 0 Å². The third kappa shape index (κ3) is 3.13. The first-order chi connectivity index (χ1) is 9.15. The molecular formula is C13H23N5O. The number of piperazine rings is 1. The van der Waals surface area contributed by atoms with E-state index in [2.05, 4.69) is 16.8 Å². The van der Waals surface area contributed by atoms with Crippen molar-refractivity contribution >= 4 is 5.91 Å². The summed E-state index contributed by atoms with van der Waals surface area (Å²) in [6, 6.07) is 0.437. The molecule has 1 aromatic rings. The number of hydrogen-bond donors (Lipinski definition) is 1. The van der Waals surface area contributed by atoms with Crippen LogP contribution in [0.2, 0.25) is 0 Å². The average molecular weight is 265 g/mol. The molecule has 19 heavy (non-hydrogen) atoms. The highest BCUT2D eigenvalue weighted by Crippen LogP contribution is 2.11.